The van der Waals surface area contributed by atoms with E-state index >= 15 is 0 Å². The van der Waals surface area contributed by atoms with Crippen molar-refractivity contribution in [1.82, 2.24) is 15.5 Å². The van der Waals surface area contributed by atoms with Gasteiger partial charge in [0.05, 0.1) is 6.54 Å². The molecule has 1 aliphatic carbocycles. The molecule has 1 N–H and O–H groups in total. The first-order valence-corrected chi connectivity index (χ1v) is 5.45. The first-order valence-electron chi connectivity index (χ1n) is 5.45. The van der Waals surface area contributed by atoms with Crippen molar-refractivity contribution in [3.63, 3.8) is 0 Å². The third-order valence-electron chi connectivity index (χ3n) is 2.65. The summed E-state index contributed by atoms with van der Waals surface area (Å²) in [4.78, 5) is 1.97. The minimum atomic E-state index is 0.370. The van der Waals surface area contributed by atoms with E-state index in [9.17, 15) is 0 Å². The SMILES string of the molecule is CC(C)N(C)c1nnc(CNC2CC2)o1. The van der Waals surface area contributed by atoms with Crippen molar-refractivity contribution in [1.29, 1.82) is 0 Å². The molecule has 84 valence electrons. The van der Waals surface area contributed by atoms with Gasteiger partial charge >= 0.3 is 6.01 Å². The van der Waals surface area contributed by atoms with Crippen LogP contribution in [0.5, 0.6) is 0 Å². The Kier molecular flexibility index (Phi) is 2.90. The van der Waals surface area contributed by atoms with Gasteiger partial charge in [0.15, 0.2) is 0 Å². The Bertz CT molecular complexity index is 319. The Morgan fingerprint density at radius 1 is 1.47 bits per heavy atom. The highest BCUT2D eigenvalue weighted by Crippen LogP contribution is 2.19. The average Bonchev–Trinajstić information content (AvgIpc) is 2.92. The zero-order valence-corrected chi connectivity index (χ0v) is 9.53. The fourth-order valence-corrected chi connectivity index (χ4v) is 1.20. The number of nitrogens with zero attached hydrogens (tertiary/aromatic N) is 3. The average molecular weight is 210 g/mol. The molecule has 1 aliphatic rings. The first-order chi connectivity index (χ1) is 7.16. The lowest BCUT2D eigenvalue weighted by molar-refractivity contribution is 0.458. The van der Waals surface area contributed by atoms with Crippen molar-refractivity contribution in [2.24, 2.45) is 0 Å². The van der Waals surface area contributed by atoms with E-state index in [1.54, 1.807) is 0 Å². The van der Waals surface area contributed by atoms with Crippen LogP contribution in [0.1, 0.15) is 32.6 Å². The Labute approximate surface area is 89.9 Å². The second kappa shape index (κ2) is 4.18. The van der Waals surface area contributed by atoms with E-state index in [2.05, 4.69) is 29.4 Å². The van der Waals surface area contributed by atoms with E-state index in [4.69, 9.17) is 4.42 Å². The number of hydrogen-bond acceptors (Lipinski definition) is 5. The zero-order valence-electron chi connectivity index (χ0n) is 9.53. The number of rotatable bonds is 5. The second-order valence-corrected chi connectivity index (χ2v) is 4.34. The minimum Gasteiger partial charge on any atom is -0.407 e. The summed E-state index contributed by atoms with van der Waals surface area (Å²) in [6.07, 6.45) is 2.54. The molecule has 1 heterocycles. The van der Waals surface area contributed by atoms with Gasteiger partial charge in [-0.15, -0.1) is 5.10 Å². The molecule has 1 aromatic rings. The van der Waals surface area contributed by atoms with Crippen LogP contribution >= 0.6 is 0 Å². The lowest BCUT2D eigenvalue weighted by Crippen LogP contribution is -2.25. The Morgan fingerprint density at radius 2 is 2.20 bits per heavy atom. The molecule has 1 fully saturated rings. The molecule has 0 aromatic carbocycles. The van der Waals surface area contributed by atoms with Gasteiger partial charge < -0.3 is 14.6 Å². The second-order valence-electron chi connectivity index (χ2n) is 4.34. The summed E-state index contributed by atoms with van der Waals surface area (Å²) in [5, 5.41) is 11.3. The van der Waals surface area contributed by atoms with Gasteiger partial charge in [0.2, 0.25) is 5.89 Å². The minimum absolute atomic E-state index is 0.370. The monoisotopic (exact) mass is 210 g/mol. The molecule has 0 bridgehead atoms. The molecule has 5 nitrogen and oxygen atoms in total. The molecule has 1 aromatic heterocycles. The summed E-state index contributed by atoms with van der Waals surface area (Å²) >= 11 is 0. The molecule has 0 saturated heterocycles. The molecular weight excluding hydrogens is 192 g/mol. The van der Waals surface area contributed by atoms with E-state index in [-0.39, 0.29) is 0 Å². The Morgan fingerprint density at radius 3 is 2.80 bits per heavy atom. The van der Waals surface area contributed by atoms with Crippen molar-refractivity contribution in [2.75, 3.05) is 11.9 Å². The van der Waals surface area contributed by atoms with Gasteiger partial charge in [-0.1, -0.05) is 5.10 Å². The molecule has 15 heavy (non-hydrogen) atoms. The molecule has 0 radical (unpaired) electrons. The standard InChI is InChI=1S/C10H18N4O/c1-7(2)14(3)10-13-12-9(15-10)6-11-8-4-5-8/h7-8,11H,4-6H2,1-3H3. The highest BCUT2D eigenvalue weighted by atomic mass is 16.4. The van der Waals surface area contributed by atoms with Crippen molar-refractivity contribution in [3.8, 4) is 0 Å². The van der Waals surface area contributed by atoms with Crippen molar-refractivity contribution in [3.05, 3.63) is 5.89 Å². The van der Waals surface area contributed by atoms with E-state index in [0.717, 1.165) is 0 Å². The number of anilines is 1. The Balaban J connectivity index is 1.90. The molecule has 0 atom stereocenters. The maximum atomic E-state index is 5.53. The summed E-state index contributed by atoms with van der Waals surface area (Å²) in [6.45, 7) is 4.86. The summed E-state index contributed by atoms with van der Waals surface area (Å²) in [7, 11) is 1.95. The molecule has 0 unspecified atom stereocenters. The van der Waals surface area contributed by atoms with Gasteiger partial charge in [-0.3, -0.25) is 0 Å². The molecule has 5 heteroatoms. The highest BCUT2D eigenvalue weighted by Gasteiger charge is 2.21. The van der Waals surface area contributed by atoms with Crippen LogP contribution < -0.4 is 10.2 Å². The van der Waals surface area contributed by atoms with Crippen LogP contribution in [0.25, 0.3) is 0 Å². The van der Waals surface area contributed by atoms with E-state index in [0.29, 0.717) is 30.5 Å². The van der Waals surface area contributed by atoms with Crippen LogP contribution in [-0.4, -0.2) is 29.3 Å². The van der Waals surface area contributed by atoms with Gasteiger partial charge in [-0.25, -0.2) is 0 Å². The normalized spacial score (nSPS) is 16.0. The molecule has 0 spiro atoms. The summed E-state index contributed by atoms with van der Waals surface area (Å²) < 4.78 is 5.53. The quantitative estimate of drug-likeness (QED) is 0.790. The van der Waals surface area contributed by atoms with Gasteiger partial charge in [0.1, 0.15) is 0 Å². The highest BCUT2D eigenvalue weighted by molar-refractivity contribution is 5.23. The van der Waals surface area contributed by atoms with E-state index < -0.39 is 0 Å². The van der Waals surface area contributed by atoms with Crippen molar-refractivity contribution < 1.29 is 4.42 Å². The van der Waals surface area contributed by atoms with Gasteiger partial charge in [-0.05, 0) is 26.7 Å². The maximum absolute atomic E-state index is 5.53. The van der Waals surface area contributed by atoms with Gasteiger partial charge in [-0.2, -0.15) is 0 Å². The molecule has 0 aliphatic heterocycles. The van der Waals surface area contributed by atoms with Crippen LogP contribution in [0, 0.1) is 0 Å². The predicted octanol–water partition coefficient (Wildman–Crippen LogP) is 1.17. The van der Waals surface area contributed by atoms with E-state index in [1.807, 2.05) is 11.9 Å². The lowest BCUT2D eigenvalue weighted by Gasteiger charge is -2.17. The third-order valence-corrected chi connectivity index (χ3v) is 2.65. The largest absolute Gasteiger partial charge is 0.407 e. The molecule has 1 saturated carbocycles. The molecule has 0 amide bonds. The van der Waals surface area contributed by atoms with E-state index in [1.165, 1.54) is 12.8 Å². The van der Waals surface area contributed by atoms with Gasteiger partial charge in [0, 0.05) is 19.1 Å². The number of nitrogens with one attached hydrogen (secondary N) is 1. The Hall–Kier alpha value is -1.10. The molecule has 2 rings (SSSR count). The fourth-order valence-electron chi connectivity index (χ4n) is 1.20. The van der Waals surface area contributed by atoms with Crippen LogP contribution in [0.2, 0.25) is 0 Å². The predicted molar refractivity (Wildman–Crippen MR) is 57.7 cm³/mol. The smallest absolute Gasteiger partial charge is 0.318 e. The van der Waals surface area contributed by atoms with Crippen LogP contribution in [-0.2, 0) is 6.54 Å². The topological polar surface area (TPSA) is 54.2 Å². The van der Waals surface area contributed by atoms with Gasteiger partial charge in [0.25, 0.3) is 0 Å². The zero-order chi connectivity index (χ0) is 10.8. The summed E-state index contributed by atoms with van der Waals surface area (Å²) in [6, 6.07) is 1.63. The van der Waals surface area contributed by atoms with Crippen molar-refractivity contribution >= 4 is 6.01 Å². The summed E-state index contributed by atoms with van der Waals surface area (Å²) in [5.41, 5.74) is 0. The lowest BCUT2D eigenvalue weighted by atomic mass is 10.4. The third kappa shape index (κ3) is 2.68. The summed E-state index contributed by atoms with van der Waals surface area (Å²) in [5.74, 6) is 0.671. The number of aromatic nitrogens is 2. The number of hydrogen-bond donors (Lipinski definition) is 1. The van der Waals surface area contributed by atoms with Crippen LogP contribution in [0.3, 0.4) is 0 Å². The fraction of sp³-hybridized carbons (Fsp3) is 0.800. The maximum Gasteiger partial charge on any atom is 0.318 e. The van der Waals surface area contributed by atoms with Crippen LogP contribution in [0.15, 0.2) is 4.42 Å². The van der Waals surface area contributed by atoms with Crippen LogP contribution in [0.4, 0.5) is 6.01 Å². The molecular formula is C10H18N4O. The first kappa shape index (κ1) is 10.4. The van der Waals surface area contributed by atoms with Crippen molar-refractivity contribution in [2.45, 2.75) is 45.3 Å².